The summed E-state index contributed by atoms with van der Waals surface area (Å²) >= 11 is 1.06. The number of hydrogen-bond donors (Lipinski definition) is 6. The van der Waals surface area contributed by atoms with Crippen molar-refractivity contribution in [2.24, 2.45) is 11.7 Å². The van der Waals surface area contributed by atoms with Gasteiger partial charge in [0.25, 0.3) is 0 Å². The Morgan fingerprint density at radius 1 is 0.929 bits per heavy atom. The quantitative estimate of drug-likeness (QED) is 0.191. The van der Waals surface area contributed by atoms with Gasteiger partial charge in [-0.3, -0.25) is 14.4 Å². The first-order chi connectivity index (χ1) is 13.0. The van der Waals surface area contributed by atoms with Crippen molar-refractivity contribution in [3.8, 4) is 0 Å². The molecule has 0 rings (SSSR count). The summed E-state index contributed by atoms with van der Waals surface area (Å²) in [6.45, 7) is 3.40. The molecule has 160 valence electrons. The topological polar surface area (TPSA) is 196 Å². The minimum Gasteiger partial charge on any atom is -0.481 e. The molecular formula is C16H27N3O8S. The maximum Gasteiger partial charge on any atom is 0.327 e. The van der Waals surface area contributed by atoms with Crippen LogP contribution in [0.3, 0.4) is 0 Å². The third kappa shape index (κ3) is 10.7. The van der Waals surface area contributed by atoms with Gasteiger partial charge in [-0.2, -0.15) is 11.8 Å². The summed E-state index contributed by atoms with van der Waals surface area (Å²) in [6.07, 6.45) is -0.697. The number of nitrogens with one attached hydrogen (secondary N) is 2. The summed E-state index contributed by atoms with van der Waals surface area (Å²) in [7, 11) is 0. The van der Waals surface area contributed by atoms with Gasteiger partial charge in [-0.05, 0) is 12.3 Å². The van der Waals surface area contributed by atoms with Gasteiger partial charge in [-0.1, -0.05) is 13.8 Å². The Morgan fingerprint density at radius 2 is 1.50 bits per heavy atom. The molecule has 0 heterocycles. The molecule has 7 N–H and O–H groups in total. The Bertz CT molecular complexity index is 584. The predicted octanol–water partition coefficient (Wildman–Crippen LogP) is -0.903. The summed E-state index contributed by atoms with van der Waals surface area (Å²) in [6, 6.07) is -3.47. The van der Waals surface area contributed by atoms with Crippen LogP contribution in [0.25, 0.3) is 0 Å². The van der Waals surface area contributed by atoms with E-state index in [0.29, 0.717) is 0 Å². The average molecular weight is 421 g/mol. The molecule has 0 fully saturated rings. The molecule has 0 aromatic rings. The molecule has 2 amide bonds. The van der Waals surface area contributed by atoms with E-state index in [1.807, 2.05) is 0 Å². The molecule has 11 nitrogen and oxygen atoms in total. The Hall–Kier alpha value is -2.34. The van der Waals surface area contributed by atoms with Crippen LogP contribution in [-0.4, -0.2) is 74.7 Å². The zero-order valence-electron chi connectivity index (χ0n) is 15.7. The lowest BCUT2D eigenvalue weighted by Crippen LogP contribution is -2.50. The van der Waals surface area contributed by atoms with Gasteiger partial charge in [-0.25, -0.2) is 9.59 Å². The number of amides is 2. The van der Waals surface area contributed by atoms with Crippen LogP contribution in [0.4, 0.5) is 0 Å². The van der Waals surface area contributed by atoms with Gasteiger partial charge in [0.15, 0.2) is 0 Å². The van der Waals surface area contributed by atoms with Gasteiger partial charge in [0, 0.05) is 17.9 Å². The number of carboxylic acids is 3. The Kier molecular flexibility index (Phi) is 11.9. The van der Waals surface area contributed by atoms with Crippen molar-refractivity contribution in [1.82, 2.24) is 10.6 Å². The van der Waals surface area contributed by atoms with Gasteiger partial charge in [0.2, 0.25) is 11.8 Å². The SMILES string of the molecule is CC(C)[C@H](N)C(=O)N[C@H](CCC(=O)N[C@H](CSCCC(=O)O)C(=O)O)C(=O)O. The van der Waals surface area contributed by atoms with E-state index in [4.69, 9.17) is 15.9 Å². The zero-order chi connectivity index (χ0) is 21.9. The normalized spacial score (nSPS) is 14.0. The van der Waals surface area contributed by atoms with Crippen molar-refractivity contribution < 1.29 is 39.3 Å². The summed E-state index contributed by atoms with van der Waals surface area (Å²) in [5, 5.41) is 31.4. The number of thioether (sulfide) groups is 1. The van der Waals surface area contributed by atoms with E-state index in [1.165, 1.54) is 0 Å². The van der Waals surface area contributed by atoms with Gasteiger partial charge >= 0.3 is 17.9 Å². The first-order valence-corrected chi connectivity index (χ1v) is 9.71. The molecule has 0 bridgehead atoms. The lowest BCUT2D eigenvalue weighted by atomic mass is 10.0. The maximum atomic E-state index is 11.9. The Labute approximate surface area is 166 Å². The van der Waals surface area contributed by atoms with Crippen molar-refractivity contribution in [2.45, 2.75) is 51.2 Å². The van der Waals surface area contributed by atoms with Crippen molar-refractivity contribution >= 4 is 41.5 Å². The summed E-state index contributed by atoms with van der Waals surface area (Å²) < 4.78 is 0. The third-order valence-electron chi connectivity index (χ3n) is 3.67. The minimum absolute atomic E-state index is 0.0311. The second kappa shape index (κ2) is 12.9. The molecular weight excluding hydrogens is 394 g/mol. The van der Waals surface area contributed by atoms with E-state index in [0.717, 1.165) is 11.8 Å². The van der Waals surface area contributed by atoms with Gasteiger partial charge in [0.1, 0.15) is 12.1 Å². The lowest BCUT2D eigenvalue weighted by molar-refractivity contribution is -0.143. The molecule has 28 heavy (non-hydrogen) atoms. The highest BCUT2D eigenvalue weighted by molar-refractivity contribution is 7.99. The fourth-order valence-electron chi connectivity index (χ4n) is 1.91. The molecule has 0 spiro atoms. The lowest BCUT2D eigenvalue weighted by Gasteiger charge is -2.20. The molecule has 3 atom stereocenters. The number of carbonyl (C=O) groups excluding carboxylic acids is 2. The number of hydrogen-bond acceptors (Lipinski definition) is 7. The molecule has 0 saturated heterocycles. The number of carbonyl (C=O) groups is 5. The van der Waals surface area contributed by atoms with Crippen molar-refractivity contribution in [1.29, 1.82) is 0 Å². The smallest absolute Gasteiger partial charge is 0.327 e. The molecule has 0 aliphatic carbocycles. The van der Waals surface area contributed by atoms with E-state index < -0.39 is 47.8 Å². The first kappa shape index (κ1) is 25.7. The molecule has 0 aromatic carbocycles. The van der Waals surface area contributed by atoms with Crippen LogP contribution < -0.4 is 16.4 Å². The molecule has 0 saturated carbocycles. The second-order valence-corrected chi connectivity index (χ2v) is 7.53. The van der Waals surface area contributed by atoms with Gasteiger partial charge in [0.05, 0.1) is 12.5 Å². The molecule has 12 heteroatoms. The highest BCUT2D eigenvalue weighted by atomic mass is 32.2. The van der Waals surface area contributed by atoms with Crippen LogP contribution in [0.1, 0.15) is 33.1 Å². The van der Waals surface area contributed by atoms with E-state index >= 15 is 0 Å². The highest BCUT2D eigenvalue weighted by Crippen LogP contribution is 2.07. The summed E-state index contributed by atoms with van der Waals surface area (Å²) in [5.74, 6) is -5.02. The number of nitrogens with two attached hydrogens (primary N) is 1. The molecule has 0 aromatic heterocycles. The Morgan fingerprint density at radius 3 is 1.96 bits per heavy atom. The maximum absolute atomic E-state index is 11.9. The van der Waals surface area contributed by atoms with E-state index in [1.54, 1.807) is 13.8 Å². The number of carboxylic acid groups (broad SMARTS) is 3. The fourth-order valence-corrected chi connectivity index (χ4v) is 2.85. The highest BCUT2D eigenvalue weighted by Gasteiger charge is 2.26. The molecule has 0 aliphatic heterocycles. The van der Waals surface area contributed by atoms with Crippen LogP contribution in [0.2, 0.25) is 0 Å². The molecule has 0 aliphatic rings. The van der Waals surface area contributed by atoms with Gasteiger partial charge in [-0.15, -0.1) is 0 Å². The van der Waals surface area contributed by atoms with Crippen LogP contribution in [0.5, 0.6) is 0 Å². The number of aliphatic carboxylic acids is 3. The van der Waals surface area contributed by atoms with Crippen LogP contribution in [0.15, 0.2) is 0 Å². The Balaban J connectivity index is 4.58. The van der Waals surface area contributed by atoms with Crippen molar-refractivity contribution in [2.75, 3.05) is 11.5 Å². The zero-order valence-corrected chi connectivity index (χ0v) is 16.5. The fraction of sp³-hybridized carbons (Fsp3) is 0.688. The van der Waals surface area contributed by atoms with Crippen LogP contribution in [0, 0.1) is 5.92 Å². The van der Waals surface area contributed by atoms with E-state index in [9.17, 15) is 29.1 Å². The average Bonchev–Trinajstić information content (AvgIpc) is 2.59. The standard InChI is InChI=1S/C16H27N3O8S/c1-8(2)13(17)14(23)19-9(15(24)25)3-4-11(20)18-10(16(26)27)7-28-6-5-12(21)22/h8-10,13H,3-7,17H2,1-2H3,(H,18,20)(H,19,23)(H,21,22)(H,24,25)(H,26,27)/t9-,10-,13+/m1/s1. The van der Waals surface area contributed by atoms with Crippen LogP contribution in [-0.2, 0) is 24.0 Å². The minimum atomic E-state index is -1.34. The summed E-state index contributed by atoms with van der Waals surface area (Å²) in [4.78, 5) is 56.7. The molecule has 0 radical (unpaired) electrons. The third-order valence-corrected chi connectivity index (χ3v) is 4.74. The predicted molar refractivity (Wildman–Crippen MR) is 101 cm³/mol. The van der Waals surface area contributed by atoms with E-state index in [-0.39, 0.29) is 36.7 Å². The van der Waals surface area contributed by atoms with E-state index in [2.05, 4.69) is 10.6 Å². The largest absolute Gasteiger partial charge is 0.481 e. The molecule has 0 unspecified atom stereocenters. The van der Waals surface area contributed by atoms with Crippen LogP contribution >= 0.6 is 11.8 Å². The second-order valence-electron chi connectivity index (χ2n) is 6.38. The monoisotopic (exact) mass is 421 g/mol. The van der Waals surface area contributed by atoms with Gasteiger partial charge < -0.3 is 31.7 Å². The van der Waals surface area contributed by atoms with Crippen molar-refractivity contribution in [3.05, 3.63) is 0 Å². The number of rotatable bonds is 14. The van der Waals surface area contributed by atoms with Crippen molar-refractivity contribution in [3.63, 3.8) is 0 Å². The first-order valence-electron chi connectivity index (χ1n) is 8.56. The summed E-state index contributed by atoms with van der Waals surface area (Å²) in [5.41, 5.74) is 5.65.